The number of rotatable bonds is 11. The van der Waals surface area contributed by atoms with E-state index in [0.717, 1.165) is 45.3 Å². The lowest BCUT2D eigenvalue weighted by Crippen LogP contribution is -2.25. The zero-order chi connectivity index (χ0) is 12.5. The van der Waals surface area contributed by atoms with E-state index in [2.05, 4.69) is 6.92 Å². The van der Waals surface area contributed by atoms with Gasteiger partial charge >= 0.3 is 9.28 Å². The van der Waals surface area contributed by atoms with Gasteiger partial charge in [-0.15, -0.1) is 0 Å². The van der Waals surface area contributed by atoms with Crippen LogP contribution >= 0.6 is 0 Å². The van der Waals surface area contributed by atoms with E-state index in [1.165, 1.54) is 0 Å². The molecule has 1 radical (unpaired) electrons. The summed E-state index contributed by atoms with van der Waals surface area (Å²) in [5.41, 5.74) is 0. The van der Waals surface area contributed by atoms with E-state index in [-0.39, 0.29) is 0 Å². The maximum absolute atomic E-state index is 5.80. The van der Waals surface area contributed by atoms with Crippen molar-refractivity contribution in [2.45, 2.75) is 51.9 Å². The van der Waals surface area contributed by atoms with Gasteiger partial charge in [0.25, 0.3) is 0 Å². The van der Waals surface area contributed by atoms with E-state index in [0.29, 0.717) is 12.2 Å². The molecule has 0 saturated carbocycles. The maximum Gasteiger partial charge on any atom is 0.384 e. The monoisotopic (exact) mass is 261 g/mol. The van der Waals surface area contributed by atoms with E-state index in [9.17, 15) is 0 Å². The highest BCUT2D eigenvalue weighted by Crippen LogP contribution is 2.15. The van der Waals surface area contributed by atoms with Crippen LogP contribution in [0.15, 0.2) is 0 Å². The summed E-state index contributed by atoms with van der Waals surface area (Å²) in [5, 5.41) is 0. The van der Waals surface area contributed by atoms with Crippen LogP contribution in [0.2, 0.25) is 6.04 Å². The van der Waals surface area contributed by atoms with Crippen molar-refractivity contribution in [1.29, 1.82) is 0 Å². The summed E-state index contributed by atoms with van der Waals surface area (Å²) in [6, 6.07) is 0.996. The Morgan fingerprint density at radius 2 is 1.88 bits per heavy atom. The zero-order valence-corrected chi connectivity index (χ0v) is 12.2. The quantitative estimate of drug-likeness (QED) is 0.422. The molecule has 2 unspecified atom stereocenters. The summed E-state index contributed by atoms with van der Waals surface area (Å²) < 4.78 is 22.2. The van der Waals surface area contributed by atoms with Crippen LogP contribution in [0, 0.1) is 0 Å². The average molecular weight is 261 g/mol. The first-order valence-electron chi connectivity index (χ1n) is 6.64. The molecular weight excluding hydrogens is 236 g/mol. The molecule has 0 spiro atoms. The molecule has 0 aliphatic carbocycles. The topological polar surface area (TPSA) is 40.2 Å². The highest BCUT2D eigenvalue weighted by molar-refractivity contribution is 6.44. The molecule has 2 atom stereocenters. The first-order valence-corrected chi connectivity index (χ1v) is 8.17. The number of hydrogen-bond donors (Lipinski definition) is 0. The van der Waals surface area contributed by atoms with Gasteiger partial charge in [-0.2, -0.15) is 0 Å². The molecule has 5 heteroatoms. The normalized spacial score (nSPS) is 20.8. The summed E-state index contributed by atoms with van der Waals surface area (Å²) in [4.78, 5) is 0. The number of epoxide rings is 1. The minimum absolute atomic E-state index is 0.320. The van der Waals surface area contributed by atoms with Crippen molar-refractivity contribution in [2.75, 3.05) is 26.4 Å². The lowest BCUT2D eigenvalue weighted by atomic mass is 10.2. The molecule has 17 heavy (non-hydrogen) atoms. The second kappa shape index (κ2) is 9.05. The van der Waals surface area contributed by atoms with Crippen molar-refractivity contribution in [1.82, 2.24) is 0 Å². The third-order valence-corrected chi connectivity index (χ3v) is 4.57. The molecule has 1 aliphatic rings. The van der Waals surface area contributed by atoms with E-state index in [1.807, 2.05) is 13.8 Å². The van der Waals surface area contributed by atoms with Gasteiger partial charge in [0.15, 0.2) is 0 Å². The Hall–Kier alpha value is 0.0569. The minimum Gasteiger partial charge on any atom is -0.394 e. The molecule has 1 aliphatic heterocycles. The van der Waals surface area contributed by atoms with Gasteiger partial charge < -0.3 is 18.3 Å². The first kappa shape index (κ1) is 15.1. The van der Waals surface area contributed by atoms with Crippen molar-refractivity contribution >= 4 is 9.28 Å². The standard InChI is InChI=1S/C12H25O4Si/c1-4-11(13-9-12-10-14-12)7-8-17(15-5-2)16-6-3/h11-12H,4-10H2,1-3H3. The molecule has 0 amide bonds. The highest BCUT2D eigenvalue weighted by atomic mass is 28.3. The van der Waals surface area contributed by atoms with Crippen molar-refractivity contribution in [2.24, 2.45) is 0 Å². The summed E-state index contributed by atoms with van der Waals surface area (Å²) in [6.07, 6.45) is 2.74. The van der Waals surface area contributed by atoms with E-state index < -0.39 is 9.28 Å². The van der Waals surface area contributed by atoms with Crippen LogP contribution in [0.25, 0.3) is 0 Å². The van der Waals surface area contributed by atoms with Gasteiger partial charge in [0.1, 0.15) is 6.10 Å². The third kappa shape index (κ3) is 7.16. The van der Waals surface area contributed by atoms with E-state index in [1.54, 1.807) is 0 Å². The Kier molecular flexibility index (Phi) is 8.05. The minimum atomic E-state index is -1.08. The lowest BCUT2D eigenvalue weighted by molar-refractivity contribution is 0.0364. The second-order valence-electron chi connectivity index (χ2n) is 4.10. The summed E-state index contributed by atoms with van der Waals surface area (Å²) in [5.74, 6) is 0. The Morgan fingerprint density at radius 1 is 1.24 bits per heavy atom. The summed E-state index contributed by atoms with van der Waals surface area (Å²) in [7, 11) is -1.08. The van der Waals surface area contributed by atoms with Crippen molar-refractivity contribution in [3.8, 4) is 0 Å². The maximum atomic E-state index is 5.80. The molecule has 1 saturated heterocycles. The van der Waals surface area contributed by atoms with Crippen molar-refractivity contribution in [3.05, 3.63) is 0 Å². The molecule has 0 bridgehead atoms. The van der Waals surface area contributed by atoms with Crippen LogP contribution in [0.4, 0.5) is 0 Å². The molecule has 4 nitrogen and oxygen atoms in total. The van der Waals surface area contributed by atoms with E-state index >= 15 is 0 Å². The van der Waals surface area contributed by atoms with Crippen LogP contribution in [-0.4, -0.2) is 47.9 Å². The van der Waals surface area contributed by atoms with Crippen LogP contribution in [0.1, 0.15) is 33.6 Å². The second-order valence-corrected chi connectivity index (χ2v) is 5.92. The predicted octanol–water partition coefficient (Wildman–Crippen LogP) is 2.13. The number of hydrogen-bond acceptors (Lipinski definition) is 4. The van der Waals surface area contributed by atoms with Crippen molar-refractivity contribution in [3.63, 3.8) is 0 Å². The first-order chi connectivity index (χ1) is 8.30. The molecular formula is C12H25O4Si. The Labute approximate surface area is 106 Å². The molecule has 1 rings (SSSR count). The molecule has 1 heterocycles. The predicted molar refractivity (Wildman–Crippen MR) is 68.2 cm³/mol. The van der Waals surface area contributed by atoms with Gasteiger partial charge in [-0.1, -0.05) is 6.92 Å². The van der Waals surface area contributed by atoms with Gasteiger partial charge in [-0.05, 0) is 32.7 Å². The summed E-state index contributed by atoms with van der Waals surface area (Å²) >= 11 is 0. The fourth-order valence-electron chi connectivity index (χ4n) is 1.60. The smallest absolute Gasteiger partial charge is 0.384 e. The van der Waals surface area contributed by atoms with Gasteiger partial charge in [0, 0.05) is 13.2 Å². The summed E-state index contributed by atoms with van der Waals surface area (Å²) in [6.45, 7) is 9.27. The Balaban J connectivity index is 2.13. The Morgan fingerprint density at radius 3 is 2.35 bits per heavy atom. The van der Waals surface area contributed by atoms with Crippen LogP contribution in [0.3, 0.4) is 0 Å². The zero-order valence-electron chi connectivity index (χ0n) is 11.2. The Bertz CT molecular complexity index is 181. The molecule has 0 aromatic rings. The number of ether oxygens (including phenoxy) is 2. The molecule has 0 N–H and O–H groups in total. The SMILES string of the molecule is CCO[Si](CCC(CC)OCC1CO1)OCC. The van der Waals surface area contributed by atoms with Gasteiger partial charge in [-0.25, -0.2) is 0 Å². The van der Waals surface area contributed by atoms with Gasteiger partial charge in [-0.3, -0.25) is 0 Å². The molecule has 101 valence electrons. The average Bonchev–Trinajstić information content (AvgIpc) is 3.13. The van der Waals surface area contributed by atoms with E-state index in [4.69, 9.17) is 18.3 Å². The van der Waals surface area contributed by atoms with Gasteiger partial charge in [0.05, 0.1) is 19.3 Å². The van der Waals surface area contributed by atoms with Crippen LogP contribution in [-0.2, 0) is 18.3 Å². The fraction of sp³-hybridized carbons (Fsp3) is 1.00. The molecule has 1 fully saturated rings. The van der Waals surface area contributed by atoms with Crippen molar-refractivity contribution < 1.29 is 18.3 Å². The molecule has 0 aromatic carbocycles. The fourth-order valence-corrected chi connectivity index (χ4v) is 3.17. The largest absolute Gasteiger partial charge is 0.394 e. The third-order valence-electron chi connectivity index (χ3n) is 2.66. The molecule has 0 aromatic heterocycles. The highest BCUT2D eigenvalue weighted by Gasteiger charge is 2.24. The lowest BCUT2D eigenvalue weighted by Gasteiger charge is -2.18. The van der Waals surface area contributed by atoms with Gasteiger partial charge in [0.2, 0.25) is 0 Å². The van der Waals surface area contributed by atoms with Crippen LogP contribution in [0.5, 0.6) is 0 Å². The van der Waals surface area contributed by atoms with Crippen LogP contribution < -0.4 is 0 Å².